The first-order chi connectivity index (χ1) is 7.36. The first-order valence-corrected chi connectivity index (χ1v) is 6.56. The minimum atomic E-state index is 0.0515. The SMILES string of the molecule is CCC1(C)CC2CC(C)(CC(C)OC2=O)C1. The minimum absolute atomic E-state index is 0.0515. The van der Waals surface area contributed by atoms with Crippen molar-refractivity contribution in [2.45, 2.75) is 65.9 Å². The van der Waals surface area contributed by atoms with Crippen molar-refractivity contribution in [2.75, 3.05) is 0 Å². The van der Waals surface area contributed by atoms with Crippen LogP contribution in [0.4, 0.5) is 0 Å². The molecule has 2 nitrogen and oxygen atoms in total. The van der Waals surface area contributed by atoms with Crippen LogP contribution < -0.4 is 0 Å². The van der Waals surface area contributed by atoms with E-state index in [0.29, 0.717) is 10.8 Å². The average Bonchev–Trinajstić information content (AvgIpc) is 2.21. The molecule has 0 aromatic heterocycles. The Balaban J connectivity index is 2.28. The van der Waals surface area contributed by atoms with E-state index in [4.69, 9.17) is 4.74 Å². The second kappa shape index (κ2) is 3.75. The number of hydrogen-bond acceptors (Lipinski definition) is 2. The molecule has 0 radical (unpaired) electrons. The Labute approximate surface area is 98.7 Å². The van der Waals surface area contributed by atoms with Crippen LogP contribution in [0.15, 0.2) is 0 Å². The van der Waals surface area contributed by atoms with E-state index < -0.39 is 0 Å². The van der Waals surface area contributed by atoms with Crippen LogP contribution in [0.1, 0.15) is 59.8 Å². The third kappa shape index (κ3) is 2.11. The maximum atomic E-state index is 12.0. The monoisotopic (exact) mass is 224 g/mol. The summed E-state index contributed by atoms with van der Waals surface area (Å²) in [6.45, 7) is 8.95. The number of cyclic esters (lactones) is 1. The molecule has 1 aliphatic heterocycles. The van der Waals surface area contributed by atoms with Gasteiger partial charge < -0.3 is 4.74 Å². The molecule has 2 fully saturated rings. The molecule has 16 heavy (non-hydrogen) atoms. The molecule has 4 atom stereocenters. The van der Waals surface area contributed by atoms with Gasteiger partial charge in [0, 0.05) is 0 Å². The summed E-state index contributed by atoms with van der Waals surface area (Å²) in [6, 6.07) is 0. The van der Waals surface area contributed by atoms with Gasteiger partial charge in [-0.2, -0.15) is 0 Å². The number of carbonyl (C=O) groups is 1. The van der Waals surface area contributed by atoms with E-state index in [2.05, 4.69) is 20.8 Å². The lowest BCUT2D eigenvalue weighted by Crippen LogP contribution is -2.38. The lowest BCUT2D eigenvalue weighted by Gasteiger charge is -2.45. The summed E-state index contributed by atoms with van der Waals surface area (Å²) < 4.78 is 5.49. The summed E-state index contributed by atoms with van der Waals surface area (Å²) in [5, 5.41) is 0. The quantitative estimate of drug-likeness (QED) is 0.637. The Morgan fingerprint density at radius 3 is 2.62 bits per heavy atom. The standard InChI is InChI=1S/C14H24O2/c1-5-13(3)7-11-8-14(4,9-13)6-10(2)16-12(11)15/h10-11H,5-9H2,1-4H3. The van der Waals surface area contributed by atoms with E-state index >= 15 is 0 Å². The second-order valence-corrected chi connectivity index (χ2v) is 6.71. The minimum Gasteiger partial charge on any atom is -0.462 e. The number of ether oxygens (including phenoxy) is 1. The zero-order valence-electron chi connectivity index (χ0n) is 11.0. The van der Waals surface area contributed by atoms with Gasteiger partial charge in [-0.1, -0.05) is 27.2 Å². The summed E-state index contributed by atoms with van der Waals surface area (Å²) in [7, 11) is 0. The van der Waals surface area contributed by atoms with Gasteiger partial charge in [0.25, 0.3) is 0 Å². The van der Waals surface area contributed by atoms with E-state index in [-0.39, 0.29) is 18.0 Å². The summed E-state index contributed by atoms with van der Waals surface area (Å²) >= 11 is 0. The van der Waals surface area contributed by atoms with Gasteiger partial charge in [0.05, 0.1) is 12.0 Å². The molecule has 2 aliphatic rings. The topological polar surface area (TPSA) is 26.3 Å². The van der Waals surface area contributed by atoms with Crippen LogP contribution >= 0.6 is 0 Å². The van der Waals surface area contributed by atoms with Crippen molar-refractivity contribution in [3.8, 4) is 0 Å². The zero-order chi connectivity index (χ0) is 12.0. The number of fused-ring (bicyclic) bond motifs is 2. The number of carbonyl (C=O) groups excluding carboxylic acids is 1. The predicted molar refractivity (Wildman–Crippen MR) is 64.0 cm³/mol. The van der Waals surface area contributed by atoms with E-state index in [1.54, 1.807) is 0 Å². The van der Waals surface area contributed by atoms with Crippen LogP contribution in [0.2, 0.25) is 0 Å². The number of esters is 1. The van der Waals surface area contributed by atoms with Crippen molar-refractivity contribution in [2.24, 2.45) is 16.7 Å². The number of hydrogen-bond donors (Lipinski definition) is 0. The summed E-state index contributed by atoms with van der Waals surface area (Å²) in [4.78, 5) is 12.0. The van der Waals surface area contributed by atoms with E-state index in [0.717, 1.165) is 19.3 Å². The summed E-state index contributed by atoms with van der Waals surface area (Å²) in [5.74, 6) is 0.198. The van der Waals surface area contributed by atoms with Gasteiger partial charge in [0.2, 0.25) is 0 Å². The van der Waals surface area contributed by atoms with Crippen LogP contribution in [0.25, 0.3) is 0 Å². The molecule has 0 aromatic carbocycles. The molecule has 1 heterocycles. The molecule has 0 spiro atoms. The Morgan fingerprint density at radius 2 is 2.00 bits per heavy atom. The third-order valence-electron chi connectivity index (χ3n) is 4.62. The first kappa shape index (κ1) is 11.9. The van der Waals surface area contributed by atoms with E-state index in [1.165, 1.54) is 12.8 Å². The van der Waals surface area contributed by atoms with Crippen LogP contribution in [0.5, 0.6) is 0 Å². The molecule has 2 rings (SSSR count). The molecule has 1 saturated heterocycles. The van der Waals surface area contributed by atoms with Crippen molar-refractivity contribution in [1.29, 1.82) is 0 Å². The molecular formula is C14H24O2. The lowest BCUT2D eigenvalue weighted by atomic mass is 9.58. The molecule has 0 N–H and O–H groups in total. The van der Waals surface area contributed by atoms with Gasteiger partial charge >= 0.3 is 5.97 Å². The summed E-state index contributed by atoms with van der Waals surface area (Å²) in [6.07, 6.45) is 5.59. The maximum absolute atomic E-state index is 12.0. The van der Waals surface area contributed by atoms with Crippen molar-refractivity contribution >= 4 is 5.97 Å². The molecule has 4 unspecified atom stereocenters. The van der Waals surface area contributed by atoms with Crippen LogP contribution in [-0.4, -0.2) is 12.1 Å². The Kier molecular flexibility index (Phi) is 2.80. The van der Waals surface area contributed by atoms with Gasteiger partial charge in [-0.05, 0) is 43.4 Å². The van der Waals surface area contributed by atoms with Crippen LogP contribution in [0, 0.1) is 16.7 Å². The highest BCUT2D eigenvalue weighted by atomic mass is 16.5. The Hall–Kier alpha value is -0.530. The molecule has 0 aromatic rings. The molecule has 0 amide bonds. The van der Waals surface area contributed by atoms with E-state index in [9.17, 15) is 4.79 Å². The van der Waals surface area contributed by atoms with E-state index in [1.807, 2.05) is 6.92 Å². The second-order valence-electron chi connectivity index (χ2n) is 6.71. The maximum Gasteiger partial charge on any atom is 0.309 e. The van der Waals surface area contributed by atoms with Crippen LogP contribution in [-0.2, 0) is 9.53 Å². The molecule has 2 heteroatoms. The van der Waals surface area contributed by atoms with Crippen LogP contribution in [0.3, 0.4) is 0 Å². The average molecular weight is 224 g/mol. The van der Waals surface area contributed by atoms with Gasteiger partial charge in [-0.3, -0.25) is 4.79 Å². The van der Waals surface area contributed by atoms with Crippen molar-refractivity contribution in [3.05, 3.63) is 0 Å². The van der Waals surface area contributed by atoms with Crippen molar-refractivity contribution in [3.63, 3.8) is 0 Å². The van der Waals surface area contributed by atoms with Gasteiger partial charge in [0.15, 0.2) is 0 Å². The van der Waals surface area contributed by atoms with Gasteiger partial charge in [-0.25, -0.2) is 0 Å². The highest BCUT2D eigenvalue weighted by molar-refractivity contribution is 5.73. The zero-order valence-corrected chi connectivity index (χ0v) is 11.0. The Morgan fingerprint density at radius 1 is 1.31 bits per heavy atom. The fraction of sp³-hybridized carbons (Fsp3) is 0.929. The highest BCUT2D eigenvalue weighted by Gasteiger charge is 2.48. The van der Waals surface area contributed by atoms with Gasteiger partial charge in [0.1, 0.15) is 0 Å². The number of rotatable bonds is 1. The Bertz CT molecular complexity index is 297. The highest BCUT2D eigenvalue weighted by Crippen LogP contribution is 2.54. The molecule has 1 aliphatic carbocycles. The predicted octanol–water partition coefficient (Wildman–Crippen LogP) is 3.54. The summed E-state index contributed by atoms with van der Waals surface area (Å²) in [5.41, 5.74) is 0.639. The normalized spacial score (nSPS) is 48.4. The van der Waals surface area contributed by atoms with Gasteiger partial charge in [-0.15, -0.1) is 0 Å². The molecule has 2 bridgehead atoms. The fourth-order valence-corrected chi connectivity index (χ4v) is 4.06. The third-order valence-corrected chi connectivity index (χ3v) is 4.62. The molecular weight excluding hydrogens is 200 g/mol. The lowest BCUT2D eigenvalue weighted by molar-refractivity contribution is -0.153. The fourth-order valence-electron chi connectivity index (χ4n) is 4.06. The van der Waals surface area contributed by atoms with Crippen molar-refractivity contribution in [1.82, 2.24) is 0 Å². The largest absolute Gasteiger partial charge is 0.462 e. The van der Waals surface area contributed by atoms with Crippen molar-refractivity contribution < 1.29 is 9.53 Å². The molecule has 92 valence electrons. The first-order valence-electron chi connectivity index (χ1n) is 6.56. The smallest absolute Gasteiger partial charge is 0.309 e. The molecule has 1 saturated carbocycles.